The van der Waals surface area contributed by atoms with E-state index in [1.165, 1.54) is 32.4 Å². The van der Waals surface area contributed by atoms with Crippen LogP contribution in [0.25, 0.3) is 0 Å². The SMILES string of the molecule is COC(C)(C)CC(C)NCCC1CCN(C)CC1. The van der Waals surface area contributed by atoms with Crippen LogP contribution in [-0.4, -0.2) is 50.3 Å². The van der Waals surface area contributed by atoms with Crippen molar-refractivity contribution >= 4 is 0 Å². The molecule has 1 rings (SSSR count). The van der Waals surface area contributed by atoms with Crippen LogP contribution in [0.3, 0.4) is 0 Å². The maximum atomic E-state index is 5.47. The lowest BCUT2D eigenvalue weighted by Gasteiger charge is -2.30. The quantitative estimate of drug-likeness (QED) is 0.757. The van der Waals surface area contributed by atoms with E-state index in [4.69, 9.17) is 4.74 Å². The zero-order chi connectivity index (χ0) is 13.6. The summed E-state index contributed by atoms with van der Waals surface area (Å²) in [7, 11) is 4.02. The second kappa shape index (κ2) is 7.46. The van der Waals surface area contributed by atoms with Gasteiger partial charge in [0.1, 0.15) is 0 Å². The van der Waals surface area contributed by atoms with Gasteiger partial charge in [-0.3, -0.25) is 0 Å². The molecule has 0 aliphatic carbocycles. The molecule has 0 saturated carbocycles. The Morgan fingerprint density at radius 2 is 1.94 bits per heavy atom. The van der Waals surface area contributed by atoms with Gasteiger partial charge < -0.3 is 15.0 Å². The highest BCUT2D eigenvalue weighted by Crippen LogP contribution is 2.19. The lowest BCUT2D eigenvalue weighted by Crippen LogP contribution is -2.37. The Balaban J connectivity index is 2.10. The molecule has 1 fully saturated rings. The fourth-order valence-electron chi connectivity index (χ4n) is 2.78. The molecule has 0 amide bonds. The summed E-state index contributed by atoms with van der Waals surface area (Å²) in [6, 6.07) is 0.534. The minimum Gasteiger partial charge on any atom is -0.379 e. The highest BCUT2D eigenvalue weighted by atomic mass is 16.5. The van der Waals surface area contributed by atoms with E-state index in [-0.39, 0.29) is 5.60 Å². The van der Waals surface area contributed by atoms with Crippen molar-refractivity contribution in [3.05, 3.63) is 0 Å². The van der Waals surface area contributed by atoms with Crippen molar-refractivity contribution in [1.29, 1.82) is 0 Å². The molecular formula is C15H32N2O. The van der Waals surface area contributed by atoms with E-state index < -0.39 is 0 Å². The summed E-state index contributed by atoms with van der Waals surface area (Å²) in [5.41, 5.74) is -0.0139. The van der Waals surface area contributed by atoms with Crippen molar-refractivity contribution in [3.8, 4) is 0 Å². The molecule has 0 aromatic carbocycles. The summed E-state index contributed by atoms with van der Waals surface area (Å²) in [4.78, 5) is 2.44. The smallest absolute Gasteiger partial charge is 0.0637 e. The minimum absolute atomic E-state index is 0.0139. The number of hydrogen-bond acceptors (Lipinski definition) is 3. The van der Waals surface area contributed by atoms with Gasteiger partial charge in [0.2, 0.25) is 0 Å². The number of rotatable bonds is 7. The van der Waals surface area contributed by atoms with Crippen molar-refractivity contribution in [3.63, 3.8) is 0 Å². The lowest BCUT2D eigenvalue weighted by atomic mass is 9.93. The highest BCUT2D eigenvalue weighted by molar-refractivity contribution is 4.76. The molecule has 1 heterocycles. The molecule has 0 aromatic rings. The minimum atomic E-state index is -0.0139. The number of hydrogen-bond donors (Lipinski definition) is 1. The third kappa shape index (κ3) is 6.17. The predicted molar refractivity (Wildman–Crippen MR) is 78.0 cm³/mol. The topological polar surface area (TPSA) is 24.5 Å². The van der Waals surface area contributed by atoms with E-state index in [2.05, 4.69) is 38.0 Å². The van der Waals surface area contributed by atoms with Crippen molar-refractivity contribution in [2.75, 3.05) is 33.8 Å². The van der Waals surface area contributed by atoms with Gasteiger partial charge in [-0.15, -0.1) is 0 Å². The average Bonchev–Trinajstić information content (AvgIpc) is 2.31. The Hall–Kier alpha value is -0.120. The van der Waals surface area contributed by atoms with Gasteiger partial charge in [-0.05, 0) is 79.1 Å². The average molecular weight is 256 g/mol. The Kier molecular flexibility index (Phi) is 6.61. The third-order valence-corrected chi connectivity index (χ3v) is 4.23. The molecule has 1 N–H and O–H groups in total. The number of piperidine rings is 1. The molecule has 0 spiro atoms. The van der Waals surface area contributed by atoms with Gasteiger partial charge >= 0.3 is 0 Å². The highest BCUT2D eigenvalue weighted by Gasteiger charge is 2.20. The first-order chi connectivity index (χ1) is 8.43. The van der Waals surface area contributed by atoms with Crippen LogP contribution in [0.15, 0.2) is 0 Å². The molecule has 108 valence electrons. The second-order valence-electron chi connectivity index (χ2n) is 6.56. The molecule has 1 saturated heterocycles. The normalized spacial score (nSPS) is 21.2. The van der Waals surface area contributed by atoms with Crippen LogP contribution in [0.1, 0.15) is 46.5 Å². The molecule has 0 bridgehead atoms. The summed E-state index contributed by atoms with van der Waals surface area (Å²) in [5.74, 6) is 0.927. The standard InChI is InChI=1S/C15H32N2O/c1-13(12-15(2,3)18-5)16-9-6-14-7-10-17(4)11-8-14/h13-14,16H,6-12H2,1-5H3. The van der Waals surface area contributed by atoms with Crippen LogP contribution in [0.5, 0.6) is 0 Å². The third-order valence-electron chi connectivity index (χ3n) is 4.23. The zero-order valence-corrected chi connectivity index (χ0v) is 13.0. The molecule has 1 aliphatic rings. The molecule has 0 aromatic heterocycles. The summed E-state index contributed by atoms with van der Waals surface area (Å²) in [6.45, 7) is 10.3. The second-order valence-corrected chi connectivity index (χ2v) is 6.56. The first-order valence-corrected chi connectivity index (χ1v) is 7.40. The van der Waals surface area contributed by atoms with Crippen LogP contribution in [0.4, 0.5) is 0 Å². The summed E-state index contributed by atoms with van der Waals surface area (Å²) in [5, 5.41) is 3.64. The van der Waals surface area contributed by atoms with Crippen LogP contribution >= 0.6 is 0 Å². The van der Waals surface area contributed by atoms with Gasteiger partial charge in [-0.2, -0.15) is 0 Å². The van der Waals surface area contributed by atoms with E-state index in [0.717, 1.165) is 18.9 Å². The Morgan fingerprint density at radius 3 is 2.50 bits per heavy atom. The first kappa shape index (κ1) is 15.9. The number of nitrogens with one attached hydrogen (secondary N) is 1. The number of nitrogens with zero attached hydrogens (tertiary/aromatic N) is 1. The van der Waals surface area contributed by atoms with Crippen molar-refractivity contribution in [1.82, 2.24) is 10.2 Å². The van der Waals surface area contributed by atoms with E-state index in [0.29, 0.717) is 6.04 Å². The molecule has 0 radical (unpaired) electrons. The van der Waals surface area contributed by atoms with Crippen LogP contribution < -0.4 is 5.32 Å². The van der Waals surface area contributed by atoms with Gasteiger partial charge in [0.15, 0.2) is 0 Å². The maximum Gasteiger partial charge on any atom is 0.0637 e. The monoisotopic (exact) mass is 256 g/mol. The lowest BCUT2D eigenvalue weighted by molar-refractivity contribution is 0.00847. The number of likely N-dealkylation sites (tertiary alicyclic amines) is 1. The van der Waals surface area contributed by atoms with Crippen molar-refractivity contribution in [2.24, 2.45) is 5.92 Å². The molecule has 3 heteroatoms. The predicted octanol–water partition coefficient (Wildman–Crippen LogP) is 2.51. The largest absolute Gasteiger partial charge is 0.379 e. The van der Waals surface area contributed by atoms with Crippen molar-refractivity contribution in [2.45, 2.75) is 58.1 Å². The maximum absolute atomic E-state index is 5.47. The Bertz CT molecular complexity index is 223. The first-order valence-electron chi connectivity index (χ1n) is 7.40. The summed E-state index contributed by atoms with van der Waals surface area (Å²) in [6.07, 6.45) is 5.13. The molecule has 1 unspecified atom stereocenters. The Morgan fingerprint density at radius 1 is 1.33 bits per heavy atom. The van der Waals surface area contributed by atoms with Gasteiger partial charge in [-0.1, -0.05) is 0 Å². The molecular weight excluding hydrogens is 224 g/mol. The summed E-state index contributed by atoms with van der Waals surface area (Å²) >= 11 is 0. The summed E-state index contributed by atoms with van der Waals surface area (Å²) < 4.78 is 5.47. The molecule has 1 atom stereocenters. The van der Waals surface area contributed by atoms with Crippen molar-refractivity contribution < 1.29 is 4.74 Å². The van der Waals surface area contributed by atoms with Crippen LogP contribution in [0.2, 0.25) is 0 Å². The molecule has 18 heavy (non-hydrogen) atoms. The van der Waals surface area contributed by atoms with Crippen LogP contribution in [0, 0.1) is 5.92 Å². The van der Waals surface area contributed by atoms with E-state index >= 15 is 0 Å². The van der Waals surface area contributed by atoms with E-state index in [1.807, 2.05) is 0 Å². The fraction of sp³-hybridized carbons (Fsp3) is 1.00. The Labute approximate surface area is 113 Å². The van der Waals surface area contributed by atoms with Gasteiger partial charge in [0.05, 0.1) is 5.60 Å². The van der Waals surface area contributed by atoms with E-state index in [1.54, 1.807) is 7.11 Å². The molecule has 3 nitrogen and oxygen atoms in total. The van der Waals surface area contributed by atoms with Gasteiger partial charge in [0, 0.05) is 13.2 Å². The van der Waals surface area contributed by atoms with Gasteiger partial charge in [-0.25, -0.2) is 0 Å². The zero-order valence-electron chi connectivity index (χ0n) is 13.0. The van der Waals surface area contributed by atoms with Crippen LogP contribution in [-0.2, 0) is 4.74 Å². The fourth-order valence-corrected chi connectivity index (χ4v) is 2.78. The van der Waals surface area contributed by atoms with E-state index in [9.17, 15) is 0 Å². The van der Waals surface area contributed by atoms with Gasteiger partial charge in [0.25, 0.3) is 0 Å². The molecule has 1 aliphatic heterocycles. The number of ether oxygens (including phenoxy) is 1. The number of methoxy groups -OCH3 is 1.